The maximum absolute atomic E-state index is 6.53. The maximum atomic E-state index is 6.53. The summed E-state index contributed by atoms with van der Waals surface area (Å²) in [6, 6.07) is 16.1. The molecule has 0 bridgehead atoms. The molecule has 4 aromatic rings. The van der Waals surface area contributed by atoms with Gasteiger partial charge in [-0.15, -0.1) is 10.2 Å². The van der Waals surface area contributed by atoms with Crippen LogP contribution in [0.1, 0.15) is 43.0 Å². The average molecular weight is 448 g/mol. The topological polar surface area (TPSA) is 77.5 Å². The quantitative estimate of drug-likeness (QED) is 0.271. The Morgan fingerprint density at radius 3 is 2.34 bits per heavy atom. The zero-order valence-electron chi connectivity index (χ0n) is 19.4. The molecule has 0 aliphatic heterocycles. The molecular formula is C25H29N5OS. The second kappa shape index (κ2) is 8.39. The lowest BCUT2D eigenvalue weighted by atomic mass is 9.88. The van der Waals surface area contributed by atoms with Crippen molar-refractivity contribution in [1.29, 1.82) is 0 Å². The van der Waals surface area contributed by atoms with E-state index >= 15 is 0 Å². The van der Waals surface area contributed by atoms with E-state index in [4.69, 9.17) is 10.5 Å². The van der Waals surface area contributed by atoms with Gasteiger partial charge in [-0.1, -0.05) is 44.5 Å². The van der Waals surface area contributed by atoms with Gasteiger partial charge in [0, 0.05) is 16.6 Å². The summed E-state index contributed by atoms with van der Waals surface area (Å²) >= 11 is 1.43. The first kappa shape index (κ1) is 22.0. The molecule has 0 saturated heterocycles. The highest BCUT2D eigenvalue weighted by molar-refractivity contribution is 8.00. The Morgan fingerprint density at radius 1 is 0.969 bits per heavy atom. The maximum Gasteiger partial charge on any atom is 0.242 e. The first-order chi connectivity index (χ1) is 15.1. The summed E-state index contributed by atoms with van der Waals surface area (Å²) in [5.41, 5.74) is 11.8. The first-order valence-corrected chi connectivity index (χ1v) is 11.4. The van der Waals surface area contributed by atoms with Crippen molar-refractivity contribution >= 4 is 29.2 Å². The minimum absolute atomic E-state index is 0.0624. The second-order valence-electron chi connectivity index (χ2n) is 9.16. The number of hydrogen-bond acceptors (Lipinski definition) is 6. The van der Waals surface area contributed by atoms with Gasteiger partial charge in [0.1, 0.15) is 5.75 Å². The SMILES string of the molecule is Cc1cc(C)c(Oc2cc(C(C)(C)C)cc3nnc(NSc4cccc(N)c4)n23)c(C)c1. The van der Waals surface area contributed by atoms with Gasteiger partial charge in [0.15, 0.2) is 5.65 Å². The monoisotopic (exact) mass is 447 g/mol. The van der Waals surface area contributed by atoms with E-state index in [1.165, 1.54) is 17.5 Å². The Hall–Kier alpha value is -3.19. The predicted molar refractivity (Wildman–Crippen MR) is 133 cm³/mol. The Balaban J connectivity index is 1.79. The van der Waals surface area contributed by atoms with Crippen LogP contribution in [0.15, 0.2) is 53.4 Å². The highest BCUT2D eigenvalue weighted by Crippen LogP contribution is 2.35. The van der Waals surface area contributed by atoms with Crippen molar-refractivity contribution in [2.45, 2.75) is 51.9 Å². The lowest BCUT2D eigenvalue weighted by molar-refractivity contribution is 0.446. The molecule has 32 heavy (non-hydrogen) atoms. The van der Waals surface area contributed by atoms with Gasteiger partial charge in [-0.2, -0.15) is 0 Å². The molecule has 166 valence electrons. The smallest absolute Gasteiger partial charge is 0.242 e. The molecule has 0 spiro atoms. The highest BCUT2D eigenvalue weighted by Gasteiger charge is 2.21. The number of ether oxygens (including phenoxy) is 1. The van der Waals surface area contributed by atoms with E-state index in [0.29, 0.717) is 17.5 Å². The summed E-state index contributed by atoms with van der Waals surface area (Å²) < 4.78 is 11.7. The van der Waals surface area contributed by atoms with E-state index in [-0.39, 0.29) is 5.41 Å². The van der Waals surface area contributed by atoms with Crippen molar-refractivity contribution in [3.8, 4) is 11.6 Å². The van der Waals surface area contributed by atoms with E-state index in [9.17, 15) is 0 Å². The molecule has 2 aromatic carbocycles. The number of rotatable bonds is 5. The molecule has 0 aliphatic carbocycles. The Labute approximate surface area is 193 Å². The molecule has 6 nitrogen and oxygen atoms in total. The second-order valence-corrected chi connectivity index (χ2v) is 10.0. The van der Waals surface area contributed by atoms with Crippen LogP contribution in [-0.4, -0.2) is 14.6 Å². The fourth-order valence-electron chi connectivity index (χ4n) is 3.67. The number of nitrogens with one attached hydrogen (secondary N) is 1. The van der Waals surface area contributed by atoms with Gasteiger partial charge < -0.3 is 10.5 Å². The van der Waals surface area contributed by atoms with Crippen LogP contribution >= 0.6 is 11.9 Å². The minimum Gasteiger partial charge on any atom is -0.440 e. The molecule has 0 saturated carbocycles. The van der Waals surface area contributed by atoms with Crippen molar-refractivity contribution in [3.05, 3.63) is 70.8 Å². The van der Waals surface area contributed by atoms with Crippen LogP contribution < -0.4 is 15.2 Å². The van der Waals surface area contributed by atoms with E-state index in [1.54, 1.807) is 0 Å². The number of nitrogens with two attached hydrogens (primary N) is 1. The molecule has 4 rings (SSSR count). The number of anilines is 2. The van der Waals surface area contributed by atoms with Crippen LogP contribution in [0.25, 0.3) is 5.65 Å². The van der Waals surface area contributed by atoms with Crippen molar-refractivity contribution < 1.29 is 4.74 Å². The summed E-state index contributed by atoms with van der Waals surface area (Å²) in [5, 5.41) is 8.80. The normalized spacial score (nSPS) is 11.7. The van der Waals surface area contributed by atoms with E-state index in [0.717, 1.165) is 33.0 Å². The van der Waals surface area contributed by atoms with Gasteiger partial charge in [0.2, 0.25) is 11.8 Å². The van der Waals surface area contributed by atoms with Gasteiger partial charge in [-0.3, -0.25) is 4.72 Å². The van der Waals surface area contributed by atoms with Crippen LogP contribution in [0, 0.1) is 20.8 Å². The minimum atomic E-state index is -0.0624. The molecule has 0 radical (unpaired) electrons. The number of fused-ring (bicyclic) bond motifs is 1. The van der Waals surface area contributed by atoms with Gasteiger partial charge >= 0.3 is 0 Å². The molecule has 0 aliphatic rings. The summed E-state index contributed by atoms with van der Waals surface area (Å²) in [4.78, 5) is 0.987. The molecule has 0 fully saturated rings. The van der Waals surface area contributed by atoms with Crippen LogP contribution in [0.2, 0.25) is 0 Å². The largest absolute Gasteiger partial charge is 0.440 e. The highest BCUT2D eigenvalue weighted by atomic mass is 32.2. The lowest BCUT2D eigenvalue weighted by Crippen LogP contribution is -2.12. The number of benzene rings is 2. The zero-order chi connectivity index (χ0) is 23.0. The number of aryl methyl sites for hydroxylation is 3. The van der Waals surface area contributed by atoms with Gasteiger partial charge in [0.25, 0.3) is 0 Å². The van der Waals surface area contributed by atoms with E-state index in [1.807, 2.05) is 28.7 Å². The fraction of sp³-hybridized carbons (Fsp3) is 0.280. The van der Waals surface area contributed by atoms with Crippen LogP contribution in [-0.2, 0) is 5.41 Å². The van der Waals surface area contributed by atoms with E-state index < -0.39 is 0 Å². The Bertz CT molecular complexity index is 1270. The Kier molecular flexibility index (Phi) is 5.77. The lowest BCUT2D eigenvalue weighted by Gasteiger charge is -2.21. The summed E-state index contributed by atoms with van der Waals surface area (Å²) in [7, 11) is 0. The molecule has 3 N–H and O–H groups in total. The van der Waals surface area contributed by atoms with E-state index in [2.05, 4.69) is 80.7 Å². The molecule has 0 unspecified atom stereocenters. The third kappa shape index (κ3) is 4.53. The summed E-state index contributed by atoms with van der Waals surface area (Å²) in [5.74, 6) is 2.11. The molecule has 2 aromatic heterocycles. The van der Waals surface area contributed by atoms with Gasteiger partial charge in [-0.05, 0) is 79.1 Å². The van der Waals surface area contributed by atoms with Crippen molar-refractivity contribution in [2.75, 3.05) is 10.5 Å². The number of nitrogen functional groups attached to an aromatic ring is 1. The van der Waals surface area contributed by atoms with Crippen LogP contribution in [0.3, 0.4) is 0 Å². The van der Waals surface area contributed by atoms with Gasteiger partial charge in [-0.25, -0.2) is 4.40 Å². The standard InChI is InChI=1S/C25H29N5OS/c1-15-10-16(2)23(17(3)11-15)31-22-13-18(25(4,5)6)12-21-27-28-24(30(21)22)29-32-20-9-7-8-19(26)14-20/h7-14H,26H2,1-6H3,(H,28,29). The van der Waals surface area contributed by atoms with Crippen molar-refractivity contribution in [1.82, 2.24) is 14.6 Å². The number of pyridine rings is 1. The average Bonchev–Trinajstić information content (AvgIpc) is 3.11. The third-order valence-electron chi connectivity index (χ3n) is 5.27. The molecular weight excluding hydrogens is 418 g/mol. The Morgan fingerprint density at radius 2 is 1.69 bits per heavy atom. The van der Waals surface area contributed by atoms with Crippen molar-refractivity contribution in [2.24, 2.45) is 0 Å². The summed E-state index contributed by atoms with van der Waals surface area (Å²) in [6.07, 6.45) is 0. The summed E-state index contributed by atoms with van der Waals surface area (Å²) in [6.45, 7) is 12.8. The fourth-order valence-corrected chi connectivity index (χ4v) is 4.36. The third-order valence-corrected chi connectivity index (χ3v) is 6.04. The first-order valence-electron chi connectivity index (χ1n) is 10.6. The zero-order valence-corrected chi connectivity index (χ0v) is 20.2. The molecule has 2 heterocycles. The van der Waals surface area contributed by atoms with Crippen LogP contribution in [0.5, 0.6) is 11.6 Å². The predicted octanol–water partition coefficient (Wildman–Crippen LogP) is 6.45. The number of nitrogens with zero attached hydrogens (tertiary/aromatic N) is 3. The number of hydrogen-bond donors (Lipinski definition) is 2. The van der Waals surface area contributed by atoms with Gasteiger partial charge in [0.05, 0.1) is 0 Å². The molecule has 7 heteroatoms. The van der Waals surface area contributed by atoms with Crippen molar-refractivity contribution in [3.63, 3.8) is 0 Å². The van der Waals surface area contributed by atoms with Crippen LogP contribution in [0.4, 0.5) is 11.6 Å². The molecule has 0 amide bonds. The molecule has 0 atom stereocenters. The number of aromatic nitrogens is 3.